The number of nitrogens with zero attached hydrogens (tertiary/aromatic N) is 2. The SMILES string of the molecule is COCc1cccc(C(=O)NCCCN2CCCC2C(=O)N(C)C)c1. The Morgan fingerprint density at radius 3 is 2.88 bits per heavy atom. The van der Waals surface area contributed by atoms with Gasteiger partial charge in [0.1, 0.15) is 0 Å². The summed E-state index contributed by atoms with van der Waals surface area (Å²) < 4.78 is 5.10. The number of methoxy groups -OCH3 is 1. The van der Waals surface area contributed by atoms with Crippen molar-refractivity contribution in [3.8, 4) is 0 Å². The molecule has 1 aliphatic rings. The van der Waals surface area contributed by atoms with Crippen LogP contribution in [0.1, 0.15) is 35.2 Å². The van der Waals surface area contributed by atoms with Crippen LogP contribution < -0.4 is 5.32 Å². The molecule has 25 heavy (non-hydrogen) atoms. The molecule has 0 bridgehead atoms. The van der Waals surface area contributed by atoms with Crippen LogP contribution in [-0.2, 0) is 16.1 Å². The van der Waals surface area contributed by atoms with Gasteiger partial charge in [-0.25, -0.2) is 0 Å². The maximum atomic E-state index is 12.2. The summed E-state index contributed by atoms with van der Waals surface area (Å²) in [6.45, 7) is 2.88. The molecule has 0 aliphatic carbocycles. The number of carbonyl (C=O) groups excluding carboxylic acids is 2. The molecular weight excluding hydrogens is 318 g/mol. The van der Waals surface area contributed by atoms with Gasteiger partial charge in [0, 0.05) is 39.9 Å². The number of hydrogen-bond donors (Lipinski definition) is 1. The van der Waals surface area contributed by atoms with Crippen LogP contribution in [0, 0.1) is 0 Å². The lowest BCUT2D eigenvalue weighted by Gasteiger charge is -2.26. The Bertz CT molecular complexity index is 589. The third-order valence-electron chi connectivity index (χ3n) is 4.50. The first-order valence-corrected chi connectivity index (χ1v) is 8.84. The van der Waals surface area contributed by atoms with E-state index in [4.69, 9.17) is 4.74 Å². The highest BCUT2D eigenvalue weighted by molar-refractivity contribution is 5.94. The summed E-state index contributed by atoms with van der Waals surface area (Å²) in [6.07, 6.45) is 2.82. The van der Waals surface area contributed by atoms with E-state index in [-0.39, 0.29) is 17.9 Å². The molecule has 1 aromatic rings. The quantitative estimate of drug-likeness (QED) is 0.724. The first-order chi connectivity index (χ1) is 12.0. The second-order valence-corrected chi connectivity index (χ2v) is 6.67. The van der Waals surface area contributed by atoms with Crippen molar-refractivity contribution < 1.29 is 14.3 Å². The van der Waals surface area contributed by atoms with E-state index in [2.05, 4.69) is 10.2 Å². The number of likely N-dealkylation sites (N-methyl/N-ethyl adjacent to an activating group) is 1. The lowest BCUT2D eigenvalue weighted by molar-refractivity contribution is -0.133. The van der Waals surface area contributed by atoms with Gasteiger partial charge in [-0.15, -0.1) is 0 Å². The van der Waals surface area contributed by atoms with E-state index >= 15 is 0 Å². The van der Waals surface area contributed by atoms with Crippen LogP contribution >= 0.6 is 0 Å². The maximum absolute atomic E-state index is 12.2. The number of carbonyl (C=O) groups is 2. The molecule has 1 atom stereocenters. The number of rotatable bonds is 8. The fraction of sp³-hybridized carbons (Fsp3) is 0.579. The summed E-state index contributed by atoms with van der Waals surface area (Å²) >= 11 is 0. The Balaban J connectivity index is 1.76. The van der Waals surface area contributed by atoms with Crippen molar-refractivity contribution in [1.82, 2.24) is 15.1 Å². The zero-order valence-electron chi connectivity index (χ0n) is 15.5. The largest absolute Gasteiger partial charge is 0.380 e. The summed E-state index contributed by atoms with van der Waals surface area (Å²) in [5.74, 6) is 0.108. The Labute approximate surface area is 150 Å². The van der Waals surface area contributed by atoms with Crippen molar-refractivity contribution in [2.45, 2.75) is 31.9 Å². The molecule has 0 spiro atoms. The van der Waals surface area contributed by atoms with E-state index in [9.17, 15) is 9.59 Å². The minimum atomic E-state index is -0.0692. The van der Waals surface area contributed by atoms with Gasteiger partial charge in [-0.1, -0.05) is 12.1 Å². The van der Waals surface area contributed by atoms with Crippen molar-refractivity contribution in [2.24, 2.45) is 0 Å². The van der Waals surface area contributed by atoms with Crippen LogP contribution in [-0.4, -0.2) is 68.5 Å². The zero-order chi connectivity index (χ0) is 18.2. The number of benzene rings is 1. The first-order valence-electron chi connectivity index (χ1n) is 8.84. The zero-order valence-corrected chi connectivity index (χ0v) is 15.5. The smallest absolute Gasteiger partial charge is 0.251 e. The van der Waals surface area contributed by atoms with Gasteiger partial charge in [-0.05, 0) is 43.5 Å². The van der Waals surface area contributed by atoms with Crippen molar-refractivity contribution in [1.29, 1.82) is 0 Å². The molecule has 6 heteroatoms. The van der Waals surface area contributed by atoms with Crippen molar-refractivity contribution >= 4 is 11.8 Å². The van der Waals surface area contributed by atoms with E-state index in [1.54, 1.807) is 32.2 Å². The van der Waals surface area contributed by atoms with Crippen molar-refractivity contribution in [3.05, 3.63) is 35.4 Å². The average molecular weight is 347 g/mol. The average Bonchev–Trinajstić information content (AvgIpc) is 3.06. The van der Waals surface area contributed by atoms with E-state index < -0.39 is 0 Å². The molecule has 1 aliphatic heterocycles. The van der Waals surface area contributed by atoms with E-state index in [0.717, 1.165) is 37.9 Å². The molecule has 2 rings (SSSR count). The number of likely N-dealkylation sites (tertiary alicyclic amines) is 1. The second kappa shape index (κ2) is 9.53. The summed E-state index contributed by atoms with van der Waals surface area (Å²) in [5.41, 5.74) is 1.63. The molecule has 1 fully saturated rings. The third-order valence-corrected chi connectivity index (χ3v) is 4.50. The molecule has 6 nitrogen and oxygen atoms in total. The molecule has 1 unspecified atom stereocenters. The van der Waals surface area contributed by atoms with Gasteiger partial charge in [0.25, 0.3) is 5.91 Å². The number of hydrogen-bond acceptors (Lipinski definition) is 4. The summed E-state index contributed by atoms with van der Waals surface area (Å²) in [7, 11) is 5.24. The van der Waals surface area contributed by atoms with Crippen molar-refractivity contribution in [2.75, 3.05) is 40.8 Å². The number of amides is 2. The van der Waals surface area contributed by atoms with Crippen LogP contribution in [0.2, 0.25) is 0 Å². The molecule has 1 aromatic carbocycles. The van der Waals surface area contributed by atoms with E-state index in [1.807, 2.05) is 18.2 Å². The maximum Gasteiger partial charge on any atom is 0.251 e. The van der Waals surface area contributed by atoms with Crippen molar-refractivity contribution in [3.63, 3.8) is 0 Å². The predicted molar refractivity (Wildman–Crippen MR) is 97.4 cm³/mol. The van der Waals surface area contributed by atoms with E-state index in [0.29, 0.717) is 18.7 Å². The highest BCUT2D eigenvalue weighted by Crippen LogP contribution is 2.18. The molecular formula is C19H29N3O3. The summed E-state index contributed by atoms with van der Waals surface area (Å²) in [6, 6.07) is 7.46. The topological polar surface area (TPSA) is 61.9 Å². The Morgan fingerprint density at radius 1 is 1.36 bits per heavy atom. The van der Waals surface area contributed by atoms with Gasteiger partial charge in [0.05, 0.1) is 12.6 Å². The minimum Gasteiger partial charge on any atom is -0.380 e. The van der Waals surface area contributed by atoms with Gasteiger partial charge in [0.2, 0.25) is 5.91 Å². The normalized spacial score (nSPS) is 17.5. The highest BCUT2D eigenvalue weighted by atomic mass is 16.5. The first kappa shape index (κ1) is 19.4. The molecule has 1 heterocycles. The Kier molecular flexibility index (Phi) is 7.40. The van der Waals surface area contributed by atoms with Crippen LogP contribution in [0.3, 0.4) is 0 Å². The minimum absolute atomic E-state index is 0.00331. The highest BCUT2D eigenvalue weighted by Gasteiger charge is 2.30. The molecule has 138 valence electrons. The fourth-order valence-corrected chi connectivity index (χ4v) is 3.23. The molecule has 2 amide bonds. The fourth-order valence-electron chi connectivity index (χ4n) is 3.23. The Morgan fingerprint density at radius 2 is 2.16 bits per heavy atom. The third kappa shape index (κ3) is 5.54. The van der Waals surface area contributed by atoms with Crippen LogP contribution in [0.5, 0.6) is 0 Å². The van der Waals surface area contributed by atoms with Crippen LogP contribution in [0.4, 0.5) is 0 Å². The molecule has 0 radical (unpaired) electrons. The number of ether oxygens (including phenoxy) is 1. The van der Waals surface area contributed by atoms with Crippen LogP contribution in [0.15, 0.2) is 24.3 Å². The van der Waals surface area contributed by atoms with Crippen LogP contribution in [0.25, 0.3) is 0 Å². The standard InChI is InChI=1S/C19H29N3O3/c1-21(2)19(24)17-9-5-11-22(17)12-6-10-20-18(23)16-8-4-7-15(13-16)14-25-3/h4,7-8,13,17H,5-6,9-12,14H2,1-3H3,(H,20,23). The Hall–Kier alpha value is -1.92. The van der Waals surface area contributed by atoms with Gasteiger partial charge >= 0.3 is 0 Å². The van der Waals surface area contributed by atoms with Gasteiger partial charge in [-0.3, -0.25) is 14.5 Å². The molecule has 1 N–H and O–H groups in total. The lowest BCUT2D eigenvalue weighted by atomic mass is 10.1. The number of nitrogens with one attached hydrogen (secondary N) is 1. The lowest BCUT2D eigenvalue weighted by Crippen LogP contribution is -2.43. The monoisotopic (exact) mass is 347 g/mol. The van der Waals surface area contributed by atoms with Gasteiger partial charge in [0.15, 0.2) is 0 Å². The molecule has 0 aromatic heterocycles. The van der Waals surface area contributed by atoms with E-state index in [1.165, 1.54) is 0 Å². The molecule has 0 saturated carbocycles. The van der Waals surface area contributed by atoms with Gasteiger partial charge in [-0.2, -0.15) is 0 Å². The van der Waals surface area contributed by atoms with Gasteiger partial charge < -0.3 is 15.0 Å². The predicted octanol–water partition coefficient (Wildman–Crippen LogP) is 1.51. The second-order valence-electron chi connectivity index (χ2n) is 6.67. The summed E-state index contributed by atoms with van der Waals surface area (Å²) in [4.78, 5) is 28.3. The molecule has 1 saturated heterocycles. The summed E-state index contributed by atoms with van der Waals surface area (Å²) in [5, 5.41) is 2.96.